The number of phenols is 1. The van der Waals surface area contributed by atoms with Crippen LogP contribution in [-0.2, 0) is 4.79 Å². The van der Waals surface area contributed by atoms with Crippen molar-refractivity contribution in [3.63, 3.8) is 0 Å². The molecule has 0 amide bonds. The first-order valence-corrected chi connectivity index (χ1v) is 5.97. The summed E-state index contributed by atoms with van der Waals surface area (Å²) in [5, 5.41) is 62.4. The van der Waals surface area contributed by atoms with E-state index in [0.29, 0.717) is 0 Å². The zero-order valence-electron chi connectivity index (χ0n) is 11.3. The first kappa shape index (κ1) is 19.9. The summed E-state index contributed by atoms with van der Waals surface area (Å²) in [4.78, 5) is 19.3. The zero-order chi connectivity index (χ0) is 17.3. The molecule has 0 aliphatic rings. The van der Waals surface area contributed by atoms with Crippen LogP contribution in [-0.4, -0.2) is 72.9 Å². The van der Waals surface area contributed by atoms with Gasteiger partial charge in [0.2, 0.25) is 0 Å². The number of hydrogen-bond acceptors (Lipinski definition) is 9. The van der Waals surface area contributed by atoms with Crippen LogP contribution in [0, 0.1) is 10.1 Å². The molecule has 0 aromatic heterocycles. The van der Waals surface area contributed by atoms with Gasteiger partial charge < -0.3 is 35.4 Å². The van der Waals surface area contributed by atoms with Crippen LogP contribution >= 0.6 is 0 Å². The zero-order valence-corrected chi connectivity index (χ0v) is 11.3. The summed E-state index contributed by atoms with van der Waals surface area (Å²) in [5.41, 5.74) is -0.262. The molecule has 0 spiro atoms. The number of carbonyl (C=O) groups is 1. The standard InChI is InChI=1S/C6H5NO3.C6H12O6/c8-6-4-2-1-3-5(6)7(9)10;7-1-3(9)5(11)6(12)4(10)2-8/h1-4,8H;1,3-6,8-12H,2H2/t;3-,4+,5+,6-/m.0/s1. The molecule has 1 aromatic rings. The molecule has 0 radical (unpaired) electrons. The van der Waals surface area contributed by atoms with E-state index in [0.717, 1.165) is 0 Å². The van der Waals surface area contributed by atoms with Gasteiger partial charge in [0.05, 0.1) is 11.5 Å². The fraction of sp³-hybridized carbons (Fsp3) is 0.417. The third kappa shape index (κ3) is 6.11. The molecule has 0 bridgehead atoms. The summed E-state index contributed by atoms with van der Waals surface area (Å²) in [6.07, 6.45) is -6.84. The molecule has 10 nitrogen and oxygen atoms in total. The summed E-state index contributed by atoms with van der Waals surface area (Å²) in [6, 6.07) is 5.55. The monoisotopic (exact) mass is 319 g/mol. The maximum absolute atomic E-state index is 10.1. The topological polar surface area (TPSA) is 182 Å². The molecule has 0 aliphatic heterocycles. The van der Waals surface area contributed by atoms with Crippen LogP contribution in [0.15, 0.2) is 24.3 Å². The van der Waals surface area contributed by atoms with Crippen LogP contribution in [0.1, 0.15) is 0 Å². The van der Waals surface area contributed by atoms with Gasteiger partial charge in [-0.2, -0.15) is 0 Å². The van der Waals surface area contributed by atoms with E-state index >= 15 is 0 Å². The van der Waals surface area contributed by atoms with Crippen LogP contribution in [0.3, 0.4) is 0 Å². The van der Waals surface area contributed by atoms with Crippen molar-refractivity contribution in [2.24, 2.45) is 0 Å². The van der Waals surface area contributed by atoms with Crippen molar-refractivity contribution < 1.29 is 40.4 Å². The summed E-state index contributed by atoms with van der Waals surface area (Å²) < 4.78 is 0. The average Bonchev–Trinajstić information content (AvgIpc) is 2.52. The summed E-state index contributed by atoms with van der Waals surface area (Å²) >= 11 is 0. The number of aromatic hydroxyl groups is 1. The van der Waals surface area contributed by atoms with Crippen LogP contribution in [0.4, 0.5) is 5.69 Å². The Labute approximate surface area is 124 Å². The van der Waals surface area contributed by atoms with Crippen molar-refractivity contribution in [2.45, 2.75) is 24.4 Å². The molecule has 0 unspecified atom stereocenters. The van der Waals surface area contributed by atoms with Crippen LogP contribution in [0.2, 0.25) is 0 Å². The van der Waals surface area contributed by atoms with Crippen LogP contribution < -0.4 is 0 Å². The van der Waals surface area contributed by atoms with Gasteiger partial charge in [-0.25, -0.2) is 0 Å². The highest BCUT2D eigenvalue weighted by Gasteiger charge is 2.29. The fourth-order valence-electron chi connectivity index (χ4n) is 1.24. The van der Waals surface area contributed by atoms with Crippen molar-refractivity contribution in [1.29, 1.82) is 0 Å². The molecule has 124 valence electrons. The maximum Gasteiger partial charge on any atom is 0.310 e. The van der Waals surface area contributed by atoms with E-state index in [9.17, 15) is 14.9 Å². The number of aliphatic hydroxyl groups is 5. The number of nitro benzene ring substituents is 1. The predicted molar refractivity (Wildman–Crippen MR) is 71.9 cm³/mol. The van der Waals surface area contributed by atoms with E-state index in [1.165, 1.54) is 24.3 Å². The molecule has 4 atom stereocenters. The Hall–Kier alpha value is -2.11. The van der Waals surface area contributed by atoms with E-state index in [1.54, 1.807) is 0 Å². The van der Waals surface area contributed by atoms with E-state index in [2.05, 4.69) is 0 Å². The number of nitrogens with zero attached hydrogens (tertiary/aromatic N) is 1. The number of phenolic OH excluding ortho intramolecular Hbond substituents is 1. The van der Waals surface area contributed by atoms with Gasteiger partial charge in [0.25, 0.3) is 0 Å². The Morgan fingerprint density at radius 1 is 1.14 bits per heavy atom. The minimum Gasteiger partial charge on any atom is -0.502 e. The second-order valence-corrected chi connectivity index (χ2v) is 4.10. The highest BCUT2D eigenvalue weighted by Crippen LogP contribution is 2.23. The lowest BCUT2D eigenvalue weighted by molar-refractivity contribution is -0.385. The minimum atomic E-state index is -1.79. The van der Waals surface area contributed by atoms with Crippen molar-refractivity contribution in [3.8, 4) is 5.75 Å². The quantitative estimate of drug-likeness (QED) is 0.195. The predicted octanol–water partition coefficient (Wildman–Crippen LogP) is -2.08. The second kappa shape index (κ2) is 9.76. The molecule has 1 rings (SSSR count). The molecule has 6 N–H and O–H groups in total. The summed E-state index contributed by atoms with van der Waals surface area (Å²) in [6.45, 7) is -0.760. The summed E-state index contributed by atoms with van der Waals surface area (Å²) in [7, 11) is 0. The lowest BCUT2D eigenvalue weighted by Gasteiger charge is -2.22. The van der Waals surface area contributed by atoms with E-state index in [1.807, 2.05) is 0 Å². The SMILES string of the molecule is O=C[C@H](O)[C@@H](O)[C@@H](O)[C@H](O)CO.O=[N+]([O-])c1ccccc1O. The third-order valence-electron chi connectivity index (χ3n) is 2.50. The number of para-hydroxylation sites is 2. The molecule has 0 saturated heterocycles. The highest BCUT2D eigenvalue weighted by atomic mass is 16.6. The highest BCUT2D eigenvalue weighted by molar-refractivity contribution is 5.56. The fourth-order valence-corrected chi connectivity index (χ4v) is 1.24. The molecule has 0 fully saturated rings. The molecule has 0 saturated carbocycles. The average molecular weight is 319 g/mol. The second-order valence-electron chi connectivity index (χ2n) is 4.10. The lowest BCUT2D eigenvalue weighted by atomic mass is 10.0. The number of benzene rings is 1. The number of rotatable bonds is 6. The molecule has 0 aliphatic carbocycles. The van der Waals surface area contributed by atoms with Gasteiger partial charge in [0, 0.05) is 6.07 Å². The normalized spacial score (nSPS) is 15.7. The van der Waals surface area contributed by atoms with Crippen molar-refractivity contribution in [2.75, 3.05) is 6.61 Å². The van der Waals surface area contributed by atoms with Crippen molar-refractivity contribution in [3.05, 3.63) is 34.4 Å². The van der Waals surface area contributed by atoms with Crippen molar-refractivity contribution in [1.82, 2.24) is 0 Å². The maximum atomic E-state index is 10.1. The minimum absolute atomic E-state index is 0.0258. The van der Waals surface area contributed by atoms with Crippen LogP contribution in [0.25, 0.3) is 0 Å². The van der Waals surface area contributed by atoms with Crippen LogP contribution in [0.5, 0.6) is 5.75 Å². The van der Waals surface area contributed by atoms with Gasteiger partial charge in [-0.05, 0) is 6.07 Å². The molecular weight excluding hydrogens is 302 g/mol. The number of hydrogen-bond donors (Lipinski definition) is 6. The van der Waals surface area contributed by atoms with E-state index < -0.39 is 35.9 Å². The summed E-state index contributed by atoms with van der Waals surface area (Å²) in [5.74, 6) is -0.299. The number of nitro groups is 1. The largest absolute Gasteiger partial charge is 0.502 e. The van der Waals surface area contributed by atoms with Gasteiger partial charge in [0.1, 0.15) is 24.4 Å². The number of carbonyl (C=O) groups excluding carboxylic acids is 1. The molecular formula is C12H17NO9. The van der Waals surface area contributed by atoms with Gasteiger partial charge in [-0.3, -0.25) is 10.1 Å². The lowest BCUT2D eigenvalue weighted by Crippen LogP contribution is -2.46. The third-order valence-corrected chi connectivity index (χ3v) is 2.50. The first-order valence-electron chi connectivity index (χ1n) is 5.97. The van der Waals surface area contributed by atoms with E-state index in [4.69, 9.17) is 30.6 Å². The molecule has 1 aromatic carbocycles. The molecule has 0 heterocycles. The Kier molecular flexibility index (Phi) is 8.82. The molecule has 22 heavy (non-hydrogen) atoms. The van der Waals surface area contributed by atoms with Crippen molar-refractivity contribution >= 4 is 12.0 Å². The van der Waals surface area contributed by atoms with Gasteiger partial charge in [-0.1, -0.05) is 12.1 Å². The Morgan fingerprint density at radius 2 is 1.68 bits per heavy atom. The Morgan fingerprint density at radius 3 is 2.05 bits per heavy atom. The number of aliphatic hydroxyl groups excluding tert-OH is 5. The van der Waals surface area contributed by atoms with Gasteiger partial charge in [0.15, 0.2) is 12.0 Å². The Bertz CT molecular complexity index is 481. The first-order chi connectivity index (χ1) is 10.3. The van der Waals surface area contributed by atoms with Gasteiger partial charge >= 0.3 is 5.69 Å². The molecule has 10 heteroatoms. The smallest absolute Gasteiger partial charge is 0.310 e. The Balaban J connectivity index is 0.000000406. The van der Waals surface area contributed by atoms with E-state index in [-0.39, 0.29) is 17.7 Å². The number of aldehydes is 1. The van der Waals surface area contributed by atoms with Gasteiger partial charge in [-0.15, -0.1) is 0 Å².